The van der Waals surface area contributed by atoms with Gasteiger partial charge in [-0.15, -0.1) is 11.8 Å². The second-order valence-corrected chi connectivity index (χ2v) is 3.35. The minimum Gasteiger partial charge on any atom is -0.468 e. The van der Waals surface area contributed by atoms with Crippen LogP contribution < -0.4 is 0 Å². The molecule has 1 aromatic heterocycles. The lowest BCUT2D eigenvalue weighted by molar-refractivity contribution is 0.525. The monoisotopic (exact) mass is 140 g/mol. The largest absolute Gasteiger partial charge is 0.468 e. The van der Waals surface area contributed by atoms with Gasteiger partial charge in [0.05, 0.1) is 11.2 Å². The fourth-order valence-corrected chi connectivity index (χ4v) is 2.24. The number of hydrogen-bond donors (Lipinski definition) is 0. The van der Waals surface area contributed by atoms with Crippen LogP contribution in [0.2, 0.25) is 0 Å². The Kier molecular flexibility index (Phi) is 1.09. The van der Waals surface area contributed by atoms with Crippen molar-refractivity contribution in [2.75, 3.05) is 5.75 Å². The lowest BCUT2D eigenvalue weighted by Gasteiger charge is -1.85. The molecule has 1 aliphatic heterocycles. The Bertz CT molecular complexity index is 227. The Morgan fingerprint density at radius 3 is 3.33 bits per heavy atom. The summed E-state index contributed by atoms with van der Waals surface area (Å²) < 4.78 is 5.22. The first-order valence-corrected chi connectivity index (χ1v) is 4.06. The molecule has 0 spiro atoms. The lowest BCUT2D eigenvalue weighted by Crippen LogP contribution is -1.72. The van der Waals surface area contributed by atoms with Crippen molar-refractivity contribution in [3.05, 3.63) is 17.6 Å². The van der Waals surface area contributed by atoms with Crippen molar-refractivity contribution in [1.82, 2.24) is 0 Å². The maximum absolute atomic E-state index is 5.22. The first-order chi connectivity index (χ1) is 4.38. The minimum absolute atomic E-state index is 1.09. The van der Waals surface area contributed by atoms with Crippen LogP contribution in [0.3, 0.4) is 0 Å². The van der Waals surface area contributed by atoms with Gasteiger partial charge in [-0.25, -0.2) is 0 Å². The zero-order chi connectivity index (χ0) is 6.27. The van der Waals surface area contributed by atoms with E-state index in [-0.39, 0.29) is 0 Å². The molecule has 1 aliphatic rings. The predicted octanol–water partition coefficient (Wildman–Crippen LogP) is 2.24. The fraction of sp³-hybridized carbons (Fsp3) is 0.429. The summed E-state index contributed by atoms with van der Waals surface area (Å²) >= 11 is 1.91. The van der Waals surface area contributed by atoms with Crippen molar-refractivity contribution in [1.29, 1.82) is 0 Å². The third-order valence-electron chi connectivity index (χ3n) is 1.61. The molecule has 0 amide bonds. The van der Waals surface area contributed by atoms with Crippen LogP contribution in [0.25, 0.3) is 0 Å². The van der Waals surface area contributed by atoms with E-state index in [1.54, 1.807) is 0 Å². The first kappa shape index (κ1) is 5.42. The normalized spacial score (nSPS) is 16.1. The molecule has 2 rings (SSSR count). The molecule has 0 aliphatic carbocycles. The molecule has 0 bridgehead atoms. The molecule has 0 unspecified atom stereocenters. The average molecular weight is 140 g/mol. The second kappa shape index (κ2) is 1.81. The van der Waals surface area contributed by atoms with E-state index in [4.69, 9.17) is 4.42 Å². The number of furan rings is 1. The Morgan fingerprint density at radius 1 is 1.67 bits per heavy atom. The number of thioether (sulfide) groups is 1. The van der Waals surface area contributed by atoms with E-state index in [2.05, 4.69) is 0 Å². The van der Waals surface area contributed by atoms with Crippen LogP contribution in [0, 0.1) is 6.92 Å². The Morgan fingerprint density at radius 2 is 2.56 bits per heavy atom. The molecule has 9 heavy (non-hydrogen) atoms. The van der Waals surface area contributed by atoms with Crippen LogP contribution in [-0.4, -0.2) is 5.75 Å². The van der Waals surface area contributed by atoms with Crippen LogP contribution in [0.5, 0.6) is 0 Å². The molecular formula is C7H8OS. The summed E-state index contributed by atoms with van der Waals surface area (Å²) in [6.45, 7) is 2.02. The maximum atomic E-state index is 5.22. The van der Waals surface area contributed by atoms with Crippen molar-refractivity contribution in [3.63, 3.8) is 0 Å². The van der Waals surface area contributed by atoms with Crippen molar-refractivity contribution in [3.8, 4) is 0 Å². The van der Waals surface area contributed by atoms with Gasteiger partial charge in [0.25, 0.3) is 0 Å². The number of rotatable bonds is 0. The summed E-state index contributed by atoms with van der Waals surface area (Å²) in [6.07, 6.45) is 3.07. The predicted molar refractivity (Wildman–Crippen MR) is 37.9 cm³/mol. The number of aryl methyl sites for hydroxylation is 2. The van der Waals surface area contributed by atoms with Gasteiger partial charge in [-0.2, -0.15) is 0 Å². The Balaban J connectivity index is 2.56. The quantitative estimate of drug-likeness (QED) is 0.548. The molecule has 0 atom stereocenters. The van der Waals surface area contributed by atoms with E-state index in [1.807, 2.05) is 24.9 Å². The molecule has 0 radical (unpaired) electrons. The van der Waals surface area contributed by atoms with Gasteiger partial charge in [-0.3, -0.25) is 0 Å². The first-order valence-electron chi connectivity index (χ1n) is 3.07. The highest BCUT2D eigenvalue weighted by atomic mass is 32.2. The van der Waals surface area contributed by atoms with Crippen LogP contribution in [-0.2, 0) is 6.42 Å². The van der Waals surface area contributed by atoms with Gasteiger partial charge >= 0.3 is 0 Å². The molecule has 0 fully saturated rings. The highest BCUT2D eigenvalue weighted by molar-refractivity contribution is 7.99. The highest BCUT2D eigenvalue weighted by Crippen LogP contribution is 2.34. The average Bonchev–Trinajstić information content (AvgIpc) is 2.35. The smallest absolute Gasteiger partial charge is 0.114 e. The molecule has 1 nitrogen and oxygen atoms in total. The third-order valence-corrected chi connectivity index (χ3v) is 2.85. The standard InChI is InChI=1S/C7H8OS/c1-5-7-6(4-8-5)2-3-9-7/h4H,2-3H2,1H3. The molecule has 0 saturated carbocycles. The van der Waals surface area contributed by atoms with E-state index in [9.17, 15) is 0 Å². The molecule has 0 saturated heterocycles. The molecular weight excluding hydrogens is 132 g/mol. The van der Waals surface area contributed by atoms with Crippen molar-refractivity contribution < 1.29 is 4.42 Å². The van der Waals surface area contributed by atoms with Crippen molar-refractivity contribution in [2.45, 2.75) is 18.2 Å². The summed E-state index contributed by atoms with van der Waals surface area (Å²) in [6, 6.07) is 0. The van der Waals surface area contributed by atoms with E-state index in [1.165, 1.54) is 22.6 Å². The van der Waals surface area contributed by atoms with Gasteiger partial charge < -0.3 is 4.42 Å². The topological polar surface area (TPSA) is 13.1 Å². The fourth-order valence-electron chi connectivity index (χ4n) is 1.12. The van der Waals surface area contributed by atoms with Gasteiger partial charge in [0.15, 0.2) is 0 Å². The SMILES string of the molecule is Cc1occ2c1SCC2. The minimum atomic E-state index is 1.09. The third kappa shape index (κ3) is 0.697. The Labute approximate surface area is 58.4 Å². The van der Waals surface area contributed by atoms with Crippen LogP contribution in [0.15, 0.2) is 15.6 Å². The molecule has 0 aromatic carbocycles. The van der Waals surface area contributed by atoms with E-state index < -0.39 is 0 Å². The van der Waals surface area contributed by atoms with Gasteiger partial charge in [0.1, 0.15) is 5.76 Å². The van der Waals surface area contributed by atoms with Gasteiger partial charge in [-0.1, -0.05) is 0 Å². The Hall–Kier alpha value is -0.370. The summed E-state index contributed by atoms with van der Waals surface area (Å²) in [4.78, 5) is 1.38. The maximum Gasteiger partial charge on any atom is 0.114 e. The number of hydrogen-bond acceptors (Lipinski definition) is 2. The van der Waals surface area contributed by atoms with Crippen LogP contribution in [0.1, 0.15) is 11.3 Å². The van der Waals surface area contributed by atoms with Crippen molar-refractivity contribution >= 4 is 11.8 Å². The summed E-state index contributed by atoms with van der Waals surface area (Å²) in [5, 5.41) is 0. The summed E-state index contributed by atoms with van der Waals surface area (Å²) in [5.41, 5.74) is 1.40. The molecule has 1 aromatic rings. The molecule has 2 heterocycles. The van der Waals surface area contributed by atoms with Crippen LogP contribution in [0.4, 0.5) is 0 Å². The van der Waals surface area contributed by atoms with E-state index in [0.717, 1.165) is 5.76 Å². The second-order valence-electron chi connectivity index (χ2n) is 2.24. The van der Waals surface area contributed by atoms with Crippen molar-refractivity contribution in [2.24, 2.45) is 0 Å². The zero-order valence-corrected chi connectivity index (χ0v) is 6.12. The van der Waals surface area contributed by atoms with Crippen LogP contribution >= 0.6 is 11.8 Å². The van der Waals surface area contributed by atoms with Gasteiger partial charge in [0, 0.05) is 11.3 Å². The summed E-state index contributed by atoms with van der Waals surface area (Å²) in [7, 11) is 0. The van der Waals surface area contributed by atoms with E-state index >= 15 is 0 Å². The molecule has 2 heteroatoms. The lowest BCUT2D eigenvalue weighted by atomic mass is 10.2. The molecule has 0 N–H and O–H groups in total. The highest BCUT2D eigenvalue weighted by Gasteiger charge is 2.15. The van der Waals surface area contributed by atoms with E-state index in [0.29, 0.717) is 0 Å². The molecule has 48 valence electrons. The summed E-state index contributed by atoms with van der Waals surface area (Å²) in [5.74, 6) is 2.33. The number of fused-ring (bicyclic) bond motifs is 1. The zero-order valence-electron chi connectivity index (χ0n) is 5.31. The van der Waals surface area contributed by atoms with Gasteiger partial charge in [0.2, 0.25) is 0 Å². The van der Waals surface area contributed by atoms with Gasteiger partial charge in [-0.05, 0) is 13.3 Å².